The van der Waals surface area contributed by atoms with Crippen LogP contribution in [0.15, 0.2) is 18.2 Å². The number of halogens is 1. The molecule has 0 bridgehead atoms. The number of benzene rings is 1. The van der Waals surface area contributed by atoms with E-state index in [1.54, 1.807) is 13.0 Å². The minimum Gasteiger partial charge on any atom is -0.506 e. The molecule has 0 fully saturated rings. The lowest BCUT2D eigenvalue weighted by molar-refractivity contribution is -0.152. The molecule has 0 aliphatic carbocycles. The molecule has 0 aliphatic heterocycles. The zero-order valence-corrected chi connectivity index (χ0v) is 11.9. The van der Waals surface area contributed by atoms with Gasteiger partial charge in [0, 0.05) is 0 Å². The Morgan fingerprint density at radius 2 is 2.11 bits per heavy atom. The van der Waals surface area contributed by atoms with Gasteiger partial charge < -0.3 is 14.9 Å². The second kappa shape index (κ2) is 7.36. The number of ether oxygens (including phenoxy) is 1. The van der Waals surface area contributed by atoms with Crippen molar-refractivity contribution in [2.75, 3.05) is 6.61 Å². The van der Waals surface area contributed by atoms with E-state index < -0.39 is 18.0 Å². The van der Waals surface area contributed by atoms with Crippen LogP contribution in [0.2, 0.25) is 5.02 Å². The van der Waals surface area contributed by atoms with Gasteiger partial charge in [-0.2, -0.15) is 0 Å². The normalized spacial score (nSPS) is 13.9. The number of phenolic OH excluding ortho intramolecular Hbond substituents is 1. The number of phenols is 1. The number of aliphatic hydroxyl groups is 1. The molecule has 2 atom stereocenters. The van der Waals surface area contributed by atoms with Crippen LogP contribution in [0.5, 0.6) is 5.75 Å². The summed E-state index contributed by atoms with van der Waals surface area (Å²) in [6, 6.07) is 4.41. The van der Waals surface area contributed by atoms with Crippen molar-refractivity contribution in [3.05, 3.63) is 28.8 Å². The van der Waals surface area contributed by atoms with Gasteiger partial charge in [-0.05, 0) is 31.0 Å². The number of rotatable bonds is 6. The molecule has 0 spiro atoms. The maximum atomic E-state index is 11.8. The highest BCUT2D eigenvalue weighted by molar-refractivity contribution is 6.32. The predicted molar refractivity (Wildman–Crippen MR) is 73.1 cm³/mol. The Balaban J connectivity index is 2.94. The van der Waals surface area contributed by atoms with Crippen molar-refractivity contribution in [2.45, 2.75) is 32.8 Å². The molecule has 0 heterocycles. The number of hydrogen-bond acceptors (Lipinski definition) is 4. The summed E-state index contributed by atoms with van der Waals surface area (Å²) < 4.78 is 4.97. The molecule has 106 valence electrons. The zero-order valence-electron chi connectivity index (χ0n) is 11.1. The van der Waals surface area contributed by atoms with E-state index in [-0.39, 0.29) is 17.4 Å². The van der Waals surface area contributed by atoms with Crippen LogP contribution in [0.1, 0.15) is 38.4 Å². The van der Waals surface area contributed by atoms with Crippen LogP contribution in [0, 0.1) is 5.92 Å². The molecule has 19 heavy (non-hydrogen) atoms. The maximum absolute atomic E-state index is 11.8. The molecule has 2 N–H and O–H groups in total. The molecule has 0 saturated carbocycles. The molecule has 0 aliphatic rings. The summed E-state index contributed by atoms with van der Waals surface area (Å²) in [5, 5.41) is 19.8. The topological polar surface area (TPSA) is 66.8 Å². The summed E-state index contributed by atoms with van der Waals surface area (Å²) in [4.78, 5) is 11.8. The predicted octanol–water partition coefficient (Wildman–Crippen LogP) is 3.06. The minimum atomic E-state index is -0.989. The summed E-state index contributed by atoms with van der Waals surface area (Å²) in [6.45, 7) is 3.94. The minimum absolute atomic E-state index is 0.0548. The average molecular weight is 287 g/mol. The van der Waals surface area contributed by atoms with Gasteiger partial charge in [0.15, 0.2) is 0 Å². The van der Waals surface area contributed by atoms with Crippen molar-refractivity contribution in [2.24, 2.45) is 5.92 Å². The van der Waals surface area contributed by atoms with Gasteiger partial charge in [0.1, 0.15) is 5.75 Å². The first-order chi connectivity index (χ1) is 9.01. The first kappa shape index (κ1) is 15.8. The number of aliphatic hydroxyl groups excluding tert-OH is 1. The maximum Gasteiger partial charge on any atom is 0.311 e. The molecule has 2 unspecified atom stereocenters. The molecule has 1 rings (SSSR count). The van der Waals surface area contributed by atoms with Crippen molar-refractivity contribution in [3.63, 3.8) is 0 Å². The second-order valence-corrected chi connectivity index (χ2v) is 4.71. The average Bonchev–Trinajstić information content (AvgIpc) is 2.38. The van der Waals surface area contributed by atoms with Crippen LogP contribution in [-0.2, 0) is 9.53 Å². The van der Waals surface area contributed by atoms with Gasteiger partial charge in [0.25, 0.3) is 0 Å². The second-order valence-electron chi connectivity index (χ2n) is 4.30. The van der Waals surface area contributed by atoms with Crippen molar-refractivity contribution in [1.29, 1.82) is 0 Å². The van der Waals surface area contributed by atoms with E-state index in [1.807, 2.05) is 6.92 Å². The van der Waals surface area contributed by atoms with E-state index in [1.165, 1.54) is 12.1 Å². The van der Waals surface area contributed by atoms with E-state index in [0.29, 0.717) is 12.0 Å². The Kier molecular flexibility index (Phi) is 6.12. The van der Waals surface area contributed by atoms with E-state index in [2.05, 4.69) is 0 Å². The standard InChI is InChI=1S/C14H19ClO4/c1-3-5-10(14(18)19-4-2)13(17)9-6-7-12(16)11(15)8-9/h6-8,10,13,16-17H,3-5H2,1-2H3. The highest BCUT2D eigenvalue weighted by Crippen LogP contribution is 2.32. The fourth-order valence-corrected chi connectivity index (χ4v) is 2.09. The molecular formula is C14H19ClO4. The summed E-state index contributed by atoms with van der Waals surface area (Å²) >= 11 is 5.80. The number of hydrogen-bond donors (Lipinski definition) is 2. The Labute approximate surface area is 118 Å². The van der Waals surface area contributed by atoms with E-state index >= 15 is 0 Å². The molecule has 1 aromatic carbocycles. The third-order valence-electron chi connectivity index (χ3n) is 2.88. The smallest absolute Gasteiger partial charge is 0.311 e. The van der Waals surface area contributed by atoms with Crippen LogP contribution in [0.25, 0.3) is 0 Å². The van der Waals surface area contributed by atoms with Gasteiger partial charge in [-0.1, -0.05) is 31.0 Å². The van der Waals surface area contributed by atoms with Crippen LogP contribution in [0.3, 0.4) is 0 Å². The lowest BCUT2D eigenvalue weighted by atomic mass is 9.92. The van der Waals surface area contributed by atoms with Crippen molar-refractivity contribution < 1.29 is 19.7 Å². The van der Waals surface area contributed by atoms with E-state index in [4.69, 9.17) is 16.3 Å². The van der Waals surface area contributed by atoms with Crippen LogP contribution < -0.4 is 0 Å². The fraction of sp³-hybridized carbons (Fsp3) is 0.500. The largest absolute Gasteiger partial charge is 0.506 e. The molecule has 5 heteroatoms. The fourth-order valence-electron chi connectivity index (χ4n) is 1.90. The van der Waals surface area contributed by atoms with Gasteiger partial charge in [-0.15, -0.1) is 0 Å². The molecular weight excluding hydrogens is 268 g/mol. The molecule has 0 aromatic heterocycles. The van der Waals surface area contributed by atoms with Crippen molar-refractivity contribution in [1.82, 2.24) is 0 Å². The van der Waals surface area contributed by atoms with Gasteiger partial charge in [0.05, 0.1) is 23.7 Å². The van der Waals surface area contributed by atoms with E-state index in [0.717, 1.165) is 6.42 Å². The Hall–Kier alpha value is -1.26. The van der Waals surface area contributed by atoms with Gasteiger partial charge in [-0.25, -0.2) is 0 Å². The SMILES string of the molecule is CCCC(C(=O)OCC)C(O)c1ccc(O)c(Cl)c1. The molecule has 0 radical (unpaired) electrons. The third kappa shape index (κ3) is 4.11. The van der Waals surface area contributed by atoms with Gasteiger partial charge in [-0.3, -0.25) is 4.79 Å². The summed E-state index contributed by atoms with van der Waals surface area (Å²) in [6.07, 6.45) is 0.294. The number of carbonyl (C=O) groups excluding carboxylic acids is 1. The number of carbonyl (C=O) groups is 1. The Morgan fingerprint density at radius 3 is 2.63 bits per heavy atom. The van der Waals surface area contributed by atoms with Crippen LogP contribution >= 0.6 is 11.6 Å². The van der Waals surface area contributed by atoms with Crippen molar-refractivity contribution >= 4 is 17.6 Å². The van der Waals surface area contributed by atoms with Gasteiger partial charge >= 0.3 is 5.97 Å². The lowest BCUT2D eigenvalue weighted by Crippen LogP contribution is -2.24. The van der Waals surface area contributed by atoms with E-state index in [9.17, 15) is 15.0 Å². The van der Waals surface area contributed by atoms with Crippen LogP contribution in [0.4, 0.5) is 0 Å². The van der Waals surface area contributed by atoms with Crippen molar-refractivity contribution in [3.8, 4) is 5.75 Å². The first-order valence-corrected chi connectivity index (χ1v) is 6.72. The third-order valence-corrected chi connectivity index (χ3v) is 3.19. The van der Waals surface area contributed by atoms with Crippen LogP contribution in [-0.4, -0.2) is 22.8 Å². The highest BCUT2D eigenvalue weighted by Gasteiger charge is 2.28. The monoisotopic (exact) mass is 286 g/mol. The zero-order chi connectivity index (χ0) is 14.4. The Morgan fingerprint density at radius 1 is 1.42 bits per heavy atom. The number of aromatic hydroxyl groups is 1. The molecule has 0 amide bonds. The summed E-state index contributed by atoms with van der Waals surface area (Å²) in [5.74, 6) is -1.09. The number of esters is 1. The van der Waals surface area contributed by atoms with Gasteiger partial charge in [0.2, 0.25) is 0 Å². The Bertz CT molecular complexity index is 433. The molecule has 0 saturated heterocycles. The summed E-state index contributed by atoms with van der Waals surface area (Å²) in [7, 11) is 0. The lowest BCUT2D eigenvalue weighted by Gasteiger charge is -2.21. The quantitative estimate of drug-likeness (QED) is 0.789. The highest BCUT2D eigenvalue weighted by atomic mass is 35.5. The summed E-state index contributed by atoms with van der Waals surface area (Å²) in [5.41, 5.74) is 0.495. The first-order valence-electron chi connectivity index (χ1n) is 6.34. The molecule has 4 nitrogen and oxygen atoms in total. The molecule has 1 aromatic rings.